The van der Waals surface area contributed by atoms with E-state index in [1.165, 1.54) is 0 Å². The predicted octanol–water partition coefficient (Wildman–Crippen LogP) is 2.83. The zero-order valence-electron chi connectivity index (χ0n) is 11.1. The number of ether oxygens (including phenoxy) is 1. The molecule has 0 bridgehead atoms. The molecular formula is C14H20BrNO3. The van der Waals surface area contributed by atoms with Crippen LogP contribution in [0.1, 0.15) is 24.8 Å². The Morgan fingerprint density at radius 2 is 2.21 bits per heavy atom. The van der Waals surface area contributed by atoms with Crippen molar-refractivity contribution in [2.24, 2.45) is 11.7 Å². The van der Waals surface area contributed by atoms with Crippen molar-refractivity contribution in [3.05, 3.63) is 28.2 Å². The number of rotatable bonds is 8. The SMILES string of the molecule is COc1ccc(Br)c(CC(CCCCN)C(=O)O)c1. The van der Waals surface area contributed by atoms with Crippen molar-refractivity contribution < 1.29 is 14.6 Å². The molecule has 106 valence electrons. The molecule has 0 aromatic heterocycles. The Labute approximate surface area is 122 Å². The first-order chi connectivity index (χ1) is 9.08. The lowest BCUT2D eigenvalue weighted by Crippen LogP contribution is -2.17. The molecule has 0 aliphatic carbocycles. The molecule has 0 amide bonds. The van der Waals surface area contributed by atoms with E-state index in [0.717, 1.165) is 28.6 Å². The highest BCUT2D eigenvalue weighted by Gasteiger charge is 2.19. The minimum atomic E-state index is -0.758. The van der Waals surface area contributed by atoms with E-state index >= 15 is 0 Å². The molecule has 1 unspecified atom stereocenters. The van der Waals surface area contributed by atoms with Crippen LogP contribution in [0.3, 0.4) is 0 Å². The molecule has 1 aromatic rings. The van der Waals surface area contributed by atoms with Gasteiger partial charge in [0.25, 0.3) is 0 Å². The quantitative estimate of drug-likeness (QED) is 0.719. The van der Waals surface area contributed by atoms with Gasteiger partial charge in [-0.3, -0.25) is 4.79 Å². The first-order valence-corrected chi connectivity index (χ1v) is 7.13. The van der Waals surface area contributed by atoms with Crippen molar-refractivity contribution in [3.8, 4) is 5.75 Å². The second-order valence-electron chi connectivity index (χ2n) is 4.48. The van der Waals surface area contributed by atoms with Crippen LogP contribution in [0.15, 0.2) is 22.7 Å². The number of carboxylic acids is 1. The molecule has 3 N–H and O–H groups in total. The highest BCUT2D eigenvalue weighted by molar-refractivity contribution is 9.10. The van der Waals surface area contributed by atoms with Gasteiger partial charge in [-0.1, -0.05) is 22.4 Å². The smallest absolute Gasteiger partial charge is 0.306 e. The van der Waals surface area contributed by atoms with E-state index in [1.54, 1.807) is 7.11 Å². The fourth-order valence-corrected chi connectivity index (χ4v) is 2.36. The molecular weight excluding hydrogens is 310 g/mol. The van der Waals surface area contributed by atoms with Gasteiger partial charge in [0.2, 0.25) is 0 Å². The summed E-state index contributed by atoms with van der Waals surface area (Å²) >= 11 is 3.45. The second kappa shape index (κ2) is 8.17. The van der Waals surface area contributed by atoms with Gasteiger partial charge in [0.1, 0.15) is 5.75 Å². The number of halogens is 1. The predicted molar refractivity (Wildman–Crippen MR) is 78.4 cm³/mol. The van der Waals surface area contributed by atoms with Crippen LogP contribution in [0, 0.1) is 5.92 Å². The molecule has 0 aliphatic heterocycles. The maximum Gasteiger partial charge on any atom is 0.306 e. The van der Waals surface area contributed by atoms with Crippen LogP contribution in [-0.4, -0.2) is 24.7 Å². The first-order valence-electron chi connectivity index (χ1n) is 6.33. The van der Waals surface area contributed by atoms with Gasteiger partial charge >= 0.3 is 5.97 Å². The lowest BCUT2D eigenvalue weighted by molar-refractivity contribution is -0.142. The molecule has 0 radical (unpaired) electrons. The van der Waals surface area contributed by atoms with E-state index in [2.05, 4.69) is 15.9 Å². The molecule has 0 saturated heterocycles. The molecule has 19 heavy (non-hydrogen) atoms. The van der Waals surface area contributed by atoms with E-state index in [0.29, 0.717) is 19.4 Å². The Morgan fingerprint density at radius 1 is 1.47 bits per heavy atom. The maximum absolute atomic E-state index is 11.3. The Bertz CT molecular complexity index is 423. The fourth-order valence-electron chi connectivity index (χ4n) is 1.95. The van der Waals surface area contributed by atoms with Crippen LogP contribution >= 0.6 is 15.9 Å². The molecule has 5 heteroatoms. The van der Waals surface area contributed by atoms with Crippen molar-refractivity contribution in [2.45, 2.75) is 25.7 Å². The van der Waals surface area contributed by atoms with Crippen molar-refractivity contribution in [1.29, 1.82) is 0 Å². The fraction of sp³-hybridized carbons (Fsp3) is 0.500. The van der Waals surface area contributed by atoms with Gasteiger partial charge < -0.3 is 15.6 Å². The zero-order valence-corrected chi connectivity index (χ0v) is 12.6. The van der Waals surface area contributed by atoms with Crippen molar-refractivity contribution in [2.75, 3.05) is 13.7 Å². The summed E-state index contributed by atoms with van der Waals surface area (Å²) in [4.78, 5) is 11.3. The zero-order chi connectivity index (χ0) is 14.3. The summed E-state index contributed by atoms with van der Waals surface area (Å²) in [7, 11) is 1.60. The number of hydrogen-bond donors (Lipinski definition) is 2. The van der Waals surface area contributed by atoms with E-state index < -0.39 is 5.97 Å². The largest absolute Gasteiger partial charge is 0.497 e. The average molecular weight is 330 g/mol. The van der Waals surface area contributed by atoms with Crippen LogP contribution in [0.25, 0.3) is 0 Å². The van der Waals surface area contributed by atoms with Crippen LogP contribution in [0.5, 0.6) is 5.75 Å². The highest BCUT2D eigenvalue weighted by Crippen LogP contribution is 2.26. The minimum absolute atomic E-state index is 0.380. The molecule has 0 aliphatic rings. The summed E-state index contributed by atoms with van der Waals surface area (Å²) in [5.41, 5.74) is 6.39. The lowest BCUT2D eigenvalue weighted by Gasteiger charge is -2.14. The summed E-state index contributed by atoms with van der Waals surface area (Å²) in [5.74, 6) is -0.397. The van der Waals surface area contributed by atoms with Crippen LogP contribution in [-0.2, 0) is 11.2 Å². The van der Waals surface area contributed by atoms with Crippen LogP contribution in [0.2, 0.25) is 0 Å². The monoisotopic (exact) mass is 329 g/mol. The molecule has 0 spiro atoms. The number of carbonyl (C=O) groups is 1. The normalized spacial score (nSPS) is 12.2. The van der Waals surface area contributed by atoms with Crippen LogP contribution < -0.4 is 10.5 Å². The summed E-state index contributed by atoms with van der Waals surface area (Å²) in [6, 6.07) is 5.60. The van der Waals surface area contributed by atoms with Crippen molar-refractivity contribution in [1.82, 2.24) is 0 Å². The van der Waals surface area contributed by atoms with E-state index in [-0.39, 0.29) is 5.92 Å². The number of methoxy groups -OCH3 is 1. The molecule has 0 fully saturated rings. The first kappa shape index (κ1) is 16.0. The summed E-state index contributed by atoms with van der Waals surface area (Å²) < 4.78 is 6.08. The van der Waals surface area contributed by atoms with E-state index in [9.17, 15) is 9.90 Å². The number of carboxylic acid groups (broad SMARTS) is 1. The molecule has 1 atom stereocenters. The molecule has 4 nitrogen and oxygen atoms in total. The molecule has 0 saturated carbocycles. The minimum Gasteiger partial charge on any atom is -0.497 e. The lowest BCUT2D eigenvalue weighted by atomic mass is 9.94. The van der Waals surface area contributed by atoms with E-state index in [1.807, 2.05) is 18.2 Å². The third kappa shape index (κ3) is 5.20. The Kier molecular flexibility index (Phi) is 6.87. The summed E-state index contributed by atoms with van der Waals surface area (Å²) in [5, 5.41) is 9.27. The standard InChI is InChI=1S/C14H20BrNO3/c1-19-12-5-6-13(15)11(9-12)8-10(14(17)18)4-2-3-7-16/h5-6,9-10H,2-4,7-8,16H2,1H3,(H,17,18). The van der Waals surface area contributed by atoms with Gasteiger partial charge in [-0.05, 0) is 49.6 Å². The summed E-state index contributed by atoms with van der Waals surface area (Å²) in [6.45, 7) is 0.606. The number of unbranched alkanes of at least 4 members (excludes halogenated alkanes) is 1. The second-order valence-corrected chi connectivity index (χ2v) is 5.34. The maximum atomic E-state index is 11.3. The average Bonchev–Trinajstić information content (AvgIpc) is 2.39. The van der Waals surface area contributed by atoms with Gasteiger partial charge in [0.15, 0.2) is 0 Å². The Hall–Kier alpha value is -1.07. The van der Waals surface area contributed by atoms with Gasteiger partial charge in [-0.25, -0.2) is 0 Å². The summed E-state index contributed by atoms with van der Waals surface area (Å²) in [6.07, 6.45) is 2.85. The van der Waals surface area contributed by atoms with Gasteiger partial charge in [-0.15, -0.1) is 0 Å². The van der Waals surface area contributed by atoms with Gasteiger partial charge in [0.05, 0.1) is 13.0 Å². The van der Waals surface area contributed by atoms with Crippen LogP contribution in [0.4, 0.5) is 0 Å². The van der Waals surface area contributed by atoms with Crippen molar-refractivity contribution in [3.63, 3.8) is 0 Å². The highest BCUT2D eigenvalue weighted by atomic mass is 79.9. The van der Waals surface area contributed by atoms with Crippen molar-refractivity contribution >= 4 is 21.9 Å². The van der Waals surface area contributed by atoms with Gasteiger partial charge in [-0.2, -0.15) is 0 Å². The number of nitrogens with two attached hydrogens (primary N) is 1. The van der Waals surface area contributed by atoms with Gasteiger partial charge in [0, 0.05) is 4.47 Å². The Balaban J connectivity index is 2.75. The topological polar surface area (TPSA) is 72.5 Å². The number of benzene rings is 1. The molecule has 0 heterocycles. The Morgan fingerprint density at radius 3 is 2.79 bits per heavy atom. The molecule has 1 rings (SSSR count). The number of hydrogen-bond acceptors (Lipinski definition) is 3. The number of aliphatic carboxylic acids is 1. The third-order valence-electron chi connectivity index (χ3n) is 3.08. The third-order valence-corrected chi connectivity index (χ3v) is 3.85. The molecule has 1 aromatic carbocycles. The van der Waals surface area contributed by atoms with E-state index in [4.69, 9.17) is 10.5 Å².